The van der Waals surface area contributed by atoms with Gasteiger partial charge in [-0.05, 0) is 42.0 Å². The maximum Gasteiger partial charge on any atom is 0.405 e. The Kier molecular flexibility index (Phi) is 6.71. The lowest BCUT2D eigenvalue weighted by Gasteiger charge is -2.19. The van der Waals surface area contributed by atoms with Crippen LogP contribution in [0.2, 0.25) is 0 Å². The first-order valence-electron chi connectivity index (χ1n) is 9.09. The van der Waals surface area contributed by atoms with E-state index in [1.54, 1.807) is 60.0 Å². The summed E-state index contributed by atoms with van der Waals surface area (Å²) in [7, 11) is -4.04. The van der Waals surface area contributed by atoms with Crippen molar-refractivity contribution in [3.05, 3.63) is 95.8 Å². The predicted molar refractivity (Wildman–Crippen MR) is 108 cm³/mol. The number of benzene rings is 2. The van der Waals surface area contributed by atoms with Gasteiger partial charge in [-0.1, -0.05) is 36.4 Å². The molecule has 6 nitrogen and oxygen atoms in total. The highest BCUT2D eigenvalue weighted by atomic mass is 32.2. The number of sulfonamides is 1. The van der Waals surface area contributed by atoms with Gasteiger partial charge in [-0.25, -0.2) is 8.42 Å². The number of carbonyl (C=O) groups is 1. The van der Waals surface area contributed by atoms with Gasteiger partial charge in [0.15, 0.2) is 0 Å². The molecule has 1 heterocycles. The number of hydrogen-bond acceptors (Lipinski definition) is 4. The van der Waals surface area contributed by atoms with Crippen molar-refractivity contribution in [1.29, 1.82) is 0 Å². The molecule has 0 aliphatic rings. The first-order valence-corrected chi connectivity index (χ1v) is 10.6. The minimum atomic E-state index is -4.54. The fourth-order valence-electron chi connectivity index (χ4n) is 2.78. The molecular formula is C21H18F3N3O3S. The largest absolute Gasteiger partial charge is 0.405 e. The average Bonchev–Trinajstić information content (AvgIpc) is 2.76. The normalized spacial score (nSPS) is 12.9. The summed E-state index contributed by atoms with van der Waals surface area (Å²) in [6.07, 6.45) is -2.99. The average molecular weight is 449 g/mol. The van der Waals surface area contributed by atoms with E-state index in [4.69, 9.17) is 0 Å². The molecule has 0 aliphatic carbocycles. The molecule has 1 unspecified atom stereocenters. The van der Waals surface area contributed by atoms with E-state index in [9.17, 15) is 26.4 Å². The van der Waals surface area contributed by atoms with Gasteiger partial charge in [0.25, 0.3) is 5.91 Å². The van der Waals surface area contributed by atoms with Gasteiger partial charge >= 0.3 is 6.18 Å². The maximum absolute atomic E-state index is 12.9. The lowest BCUT2D eigenvalue weighted by molar-refractivity contribution is -0.123. The van der Waals surface area contributed by atoms with Crippen LogP contribution >= 0.6 is 0 Å². The molecule has 0 aliphatic heterocycles. The molecule has 0 radical (unpaired) electrons. The lowest BCUT2D eigenvalue weighted by Crippen LogP contribution is -2.33. The summed E-state index contributed by atoms with van der Waals surface area (Å²) in [5.41, 5.74) is 1.07. The quantitative estimate of drug-likeness (QED) is 0.579. The molecule has 31 heavy (non-hydrogen) atoms. The number of carbonyl (C=O) groups excluding carboxylic acids is 1. The van der Waals surface area contributed by atoms with E-state index in [1.165, 1.54) is 0 Å². The van der Waals surface area contributed by atoms with Crippen molar-refractivity contribution in [2.75, 3.05) is 6.54 Å². The lowest BCUT2D eigenvalue weighted by atomic mass is 10.0. The minimum Gasteiger partial charge on any atom is -0.343 e. The molecule has 3 aromatic rings. The monoisotopic (exact) mass is 449 g/mol. The number of nitrogens with zero attached hydrogens (tertiary/aromatic N) is 1. The Morgan fingerprint density at radius 2 is 1.58 bits per heavy atom. The third-order valence-corrected chi connectivity index (χ3v) is 5.70. The van der Waals surface area contributed by atoms with Crippen molar-refractivity contribution in [2.24, 2.45) is 0 Å². The zero-order valence-corrected chi connectivity index (χ0v) is 16.8. The second kappa shape index (κ2) is 9.27. The van der Waals surface area contributed by atoms with E-state index in [-0.39, 0.29) is 10.5 Å². The van der Waals surface area contributed by atoms with E-state index in [2.05, 4.69) is 9.71 Å². The molecule has 1 amide bonds. The molecule has 162 valence electrons. The third-order valence-electron chi connectivity index (χ3n) is 4.27. The summed E-state index contributed by atoms with van der Waals surface area (Å²) in [4.78, 5) is 15.9. The van der Waals surface area contributed by atoms with Gasteiger partial charge in [-0.2, -0.15) is 17.9 Å². The molecule has 0 bridgehead atoms. The van der Waals surface area contributed by atoms with Gasteiger partial charge in [-0.15, -0.1) is 0 Å². The van der Waals surface area contributed by atoms with E-state index < -0.39 is 34.7 Å². The highest BCUT2D eigenvalue weighted by Gasteiger charge is 2.28. The molecule has 0 spiro atoms. The number of pyridine rings is 1. The molecular weight excluding hydrogens is 431 g/mol. The van der Waals surface area contributed by atoms with Crippen molar-refractivity contribution in [2.45, 2.75) is 17.1 Å². The predicted octanol–water partition coefficient (Wildman–Crippen LogP) is 3.44. The second-order valence-electron chi connectivity index (χ2n) is 6.54. The van der Waals surface area contributed by atoms with Gasteiger partial charge in [0.1, 0.15) is 6.54 Å². The van der Waals surface area contributed by atoms with Crippen LogP contribution in [0.25, 0.3) is 0 Å². The smallest absolute Gasteiger partial charge is 0.343 e. The Balaban J connectivity index is 1.82. The fraction of sp³-hybridized carbons (Fsp3) is 0.143. The first kappa shape index (κ1) is 22.4. The number of rotatable bonds is 7. The number of amides is 1. The van der Waals surface area contributed by atoms with Gasteiger partial charge in [0, 0.05) is 11.8 Å². The molecule has 10 heteroatoms. The van der Waals surface area contributed by atoms with Gasteiger partial charge in [0.2, 0.25) is 10.0 Å². The van der Waals surface area contributed by atoms with Crippen LogP contribution in [0.4, 0.5) is 13.2 Å². The van der Waals surface area contributed by atoms with Crippen LogP contribution in [0.1, 0.15) is 27.7 Å². The minimum absolute atomic E-state index is 0.0902. The Morgan fingerprint density at radius 3 is 2.16 bits per heavy atom. The number of alkyl halides is 3. The molecule has 2 N–H and O–H groups in total. The van der Waals surface area contributed by atoms with Crippen LogP contribution in [0.5, 0.6) is 0 Å². The Morgan fingerprint density at radius 1 is 0.935 bits per heavy atom. The SMILES string of the molecule is O=C(NCC(F)(F)F)c1ccc(S(=O)(=O)NC(c2ccccc2)c2ccccn2)cc1. The number of hydrogen-bond donors (Lipinski definition) is 2. The van der Waals surface area contributed by atoms with E-state index in [0.717, 1.165) is 24.3 Å². The molecule has 1 aromatic heterocycles. The van der Waals surface area contributed by atoms with Gasteiger partial charge in [-0.3, -0.25) is 9.78 Å². The standard InChI is InChI=1S/C21H18F3N3O3S/c22-21(23,24)14-26-20(28)16-9-11-17(12-10-16)31(29,30)27-19(15-6-2-1-3-7-15)18-8-4-5-13-25-18/h1-13,19,27H,14H2,(H,26,28). The fourth-order valence-corrected chi connectivity index (χ4v) is 3.98. The van der Waals surface area contributed by atoms with Crippen LogP contribution in [-0.2, 0) is 10.0 Å². The summed E-state index contributed by atoms with van der Waals surface area (Å²) in [5, 5.41) is 1.74. The zero-order valence-electron chi connectivity index (χ0n) is 16.0. The van der Waals surface area contributed by atoms with Crippen molar-refractivity contribution < 1.29 is 26.4 Å². The number of halogens is 3. The van der Waals surface area contributed by atoms with Gasteiger partial charge in [0.05, 0.1) is 16.6 Å². The van der Waals surface area contributed by atoms with E-state index >= 15 is 0 Å². The topological polar surface area (TPSA) is 88.2 Å². The maximum atomic E-state index is 12.9. The van der Waals surface area contributed by atoms with Crippen LogP contribution in [-0.4, -0.2) is 32.0 Å². The highest BCUT2D eigenvalue weighted by Crippen LogP contribution is 2.23. The van der Waals surface area contributed by atoms with Crippen LogP contribution in [0.15, 0.2) is 83.9 Å². The first-order chi connectivity index (χ1) is 14.7. The summed E-state index contributed by atoms with van der Waals surface area (Å²) in [6.45, 7) is -1.48. The van der Waals surface area contributed by atoms with Crippen LogP contribution in [0, 0.1) is 0 Å². The molecule has 0 saturated carbocycles. The molecule has 1 atom stereocenters. The van der Waals surface area contributed by atoms with Gasteiger partial charge < -0.3 is 5.32 Å². The zero-order chi connectivity index (χ0) is 22.5. The number of aromatic nitrogens is 1. The Hall–Kier alpha value is -3.24. The highest BCUT2D eigenvalue weighted by molar-refractivity contribution is 7.89. The summed E-state index contributed by atoms with van der Waals surface area (Å²) < 4.78 is 65.2. The summed E-state index contributed by atoms with van der Waals surface area (Å²) in [5.74, 6) is -0.954. The van der Waals surface area contributed by atoms with E-state index in [0.29, 0.717) is 11.3 Å². The molecule has 2 aromatic carbocycles. The van der Waals surface area contributed by atoms with Crippen LogP contribution in [0.3, 0.4) is 0 Å². The number of nitrogens with one attached hydrogen (secondary N) is 2. The molecule has 0 saturated heterocycles. The van der Waals surface area contributed by atoms with Crippen molar-refractivity contribution in [3.63, 3.8) is 0 Å². The molecule has 0 fully saturated rings. The van der Waals surface area contributed by atoms with Crippen molar-refractivity contribution >= 4 is 15.9 Å². The molecule has 3 rings (SSSR count). The van der Waals surface area contributed by atoms with Crippen LogP contribution < -0.4 is 10.0 Å². The van der Waals surface area contributed by atoms with Crippen molar-refractivity contribution in [3.8, 4) is 0 Å². The van der Waals surface area contributed by atoms with E-state index in [1.807, 2.05) is 0 Å². The summed E-state index contributed by atoms with van der Waals surface area (Å²) >= 11 is 0. The summed E-state index contributed by atoms with van der Waals surface area (Å²) in [6, 6.07) is 17.9. The third kappa shape index (κ3) is 6.12. The second-order valence-corrected chi connectivity index (χ2v) is 8.26. The Labute approximate surface area is 177 Å². The Bertz CT molecular complexity index is 1080. The van der Waals surface area contributed by atoms with Crippen molar-refractivity contribution in [1.82, 2.24) is 15.0 Å².